The molecule has 1 unspecified atom stereocenters. The fraction of sp³-hybridized carbons (Fsp3) is 0.886. The summed E-state index contributed by atoms with van der Waals surface area (Å²) < 4.78 is 23.2. The monoisotopic (exact) mass is 771 g/mol. The highest BCUT2D eigenvalue weighted by molar-refractivity contribution is 7.45. The number of phosphoric ester groups is 1. The predicted molar refractivity (Wildman–Crippen MR) is 224 cm³/mol. The van der Waals surface area contributed by atoms with Crippen LogP contribution in [0.5, 0.6) is 0 Å². The Morgan fingerprint density at radius 2 is 1.04 bits per heavy atom. The zero-order valence-electron chi connectivity index (χ0n) is 35.5. The molecule has 2 N–H and O–H groups in total. The predicted octanol–water partition coefficient (Wildman–Crippen LogP) is 11.5. The smallest absolute Gasteiger partial charge is 0.268 e. The highest BCUT2D eigenvalue weighted by Gasteiger charge is 2.23. The first kappa shape index (κ1) is 52.0. The fourth-order valence-electron chi connectivity index (χ4n) is 6.32. The van der Waals surface area contributed by atoms with Crippen molar-refractivity contribution in [3.8, 4) is 0 Å². The molecule has 0 rings (SSSR count). The van der Waals surface area contributed by atoms with E-state index in [1.165, 1.54) is 141 Å². The molecule has 0 aromatic heterocycles. The molecule has 1 amide bonds. The number of carbonyl (C=O) groups excluding carboxylic acids is 1. The molecule has 0 fully saturated rings. The molecular weight excluding hydrogens is 683 g/mol. The van der Waals surface area contributed by atoms with E-state index in [0.717, 1.165) is 38.5 Å². The zero-order valence-corrected chi connectivity index (χ0v) is 36.4. The molecular formula is C44H87N2O6P. The highest BCUT2D eigenvalue weighted by Crippen LogP contribution is 2.38. The van der Waals surface area contributed by atoms with Gasteiger partial charge in [0.05, 0.1) is 39.9 Å². The number of unbranched alkanes of at least 4 members (excludes halogenated alkanes) is 25. The van der Waals surface area contributed by atoms with E-state index in [0.29, 0.717) is 17.4 Å². The summed E-state index contributed by atoms with van der Waals surface area (Å²) in [4.78, 5) is 25.3. The Morgan fingerprint density at radius 1 is 0.642 bits per heavy atom. The lowest BCUT2D eigenvalue weighted by molar-refractivity contribution is -0.870. The third-order valence-electron chi connectivity index (χ3n) is 9.91. The molecule has 0 aromatic rings. The highest BCUT2D eigenvalue weighted by atomic mass is 31.2. The Kier molecular flexibility index (Phi) is 35.9. The molecule has 0 radical (unpaired) electrons. The van der Waals surface area contributed by atoms with Gasteiger partial charge in [-0.25, -0.2) is 0 Å². The number of carbonyl (C=O) groups is 1. The molecule has 314 valence electrons. The molecule has 0 spiro atoms. The van der Waals surface area contributed by atoms with Crippen LogP contribution >= 0.6 is 7.82 Å². The lowest BCUT2D eigenvalue weighted by Crippen LogP contribution is -2.45. The number of amides is 1. The topological polar surface area (TPSA) is 108 Å². The van der Waals surface area contributed by atoms with Crippen molar-refractivity contribution in [1.29, 1.82) is 0 Å². The van der Waals surface area contributed by atoms with E-state index in [-0.39, 0.29) is 19.1 Å². The molecule has 0 saturated carbocycles. The standard InChI is InChI=1S/C44H87N2O6P/c1-6-8-10-12-14-16-18-20-21-22-23-24-25-26-28-30-32-34-36-38-44(48)45-42(41-52-53(49,50)51-40-39-46(3,4)5)43(47)37-35-33-31-29-27-19-17-15-13-11-9-7-2/h20-21,35,37,42-43,47H,6-19,22-34,36,38-41H2,1-5H3,(H-,45,48,49,50)/b21-20+,37-35+/t42-,43+/m0/s1. The number of aliphatic hydroxyl groups excluding tert-OH is 1. The van der Waals surface area contributed by atoms with Crippen molar-refractivity contribution in [2.75, 3.05) is 40.9 Å². The van der Waals surface area contributed by atoms with Gasteiger partial charge in [-0.15, -0.1) is 0 Å². The van der Waals surface area contributed by atoms with Crippen LogP contribution in [0.2, 0.25) is 0 Å². The quantitative estimate of drug-likeness (QED) is 0.0278. The molecule has 3 atom stereocenters. The van der Waals surface area contributed by atoms with Gasteiger partial charge in [0.2, 0.25) is 5.91 Å². The second-order valence-corrected chi connectivity index (χ2v) is 17.8. The summed E-state index contributed by atoms with van der Waals surface area (Å²) in [6.45, 7) is 4.63. The average Bonchev–Trinajstić information content (AvgIpc) is 3.10. The zero-order chi connectivity index (χ0) is 39.3. The van der Waals surface area contributed by atoms with Crippen LogP contribution < -0.4 is 10.2 Å². The molecule has 0 bridgehead atoms. The second kappa shape index (κ2) is 36.6. The van der Waals surface area contributed by atoms with Crippen molar-refractivity contribution < 1.29 is 32.9 Å². The molecule has 53 heavy (non-hydrogen) atoms. The Balaban J connectivity index is 4.36. The van der Waals surface area contributed by atoms with Gasteiger partial charge in [-0.1, -0.05) is 173 Å². The van der Waals surface area contributed by atoms with Crippen LogP contribution in [0.4, 0.5) is 0 Å². The molecule has 9 heteroatoms. The summed E-state index contributed by atoms with van der Waals surface area (Å²) in [6, 6.07) is -0.883. The van der Waals surface area contributed by atoms with Crippen LogP contribution in [-0.4, -0.2) is 68.5 Å². The Labute approximate surface area is 328 Å². The van der Waals surface area contributed by atoms with Gasteiger partial charge >= 0.3 is 0 Å². The summed E-state index contributed by atoms with van der Waals surface area (Å²) in [5.41, 5.74) is 0. The number of phosphoric acid groups is 1. The van der Waals surface area contributed by atoms with E-state index < -0.39 is 20.0 Å². The van der Waals surface area contributed by atoms with E-state index >= 15 is 0 Å². The van der Waals surface area contributed by atoms with Gasteiger partial charge < -0.3 is 28.8 Å². The maximum Gasteiger partial charge on any atom is 0.268 e. The summed E-state index contributed by atoms with van der Waals surface area (Å²) in [6.07, 6.45) is 42.2. The maximum absolute atomic E-state index is 12.8. The van der Waals surface area contributed by atoms with E-state index in [4.69, 9.17) is 9.05 Å². The number of allylic oxidation sites excluding steroid dienone is 3. The first-order valence-corrected chi connectivity index (χ1v) is 23.7. The third-order valence-corrected chi connectivity index (χ3v) is 10.9. The minimum atomic E-state index is -4.58. The van der Waals surface area contributed by atoms with Crippen molar-refractivity contribution >= 4 is 13.7 Å². The summed E-state index contributed by atoms with van der Waals surface area (Å²) >= 11 is 0. The SMILES string of the molecule is CCCCCCCC/C=C/CCCCCCCCCCCC(=O)N[C@@H](COP(=O)([O-])OCC[N+](C)(C)C)[C@H](O)/C=C/CCCCCCCCCCCC. The molecule has 0 heterocycles. The molecule has 8 nitrogen and oxygen atoms in total. The number of aliphatic hydroxyl groups is 1. The van der Waals surface area contributed by atoms with Crippen LogP contribution in [-0.2, 0) is 18.4 Å². The molecule has 0 aliphatic rings. The third kappa shape index (κ3) is 39.0. The number of quaternary nitrogens is 1. The fourth-order valence-corrected chi connectivity index (χ4v) is 7.05. The second-order valence-electron chi connectivity index (χ2n) is 16.4. The van der Waals surface area contributed by atoms with Gasteiger partial charge in [-0.05, 0) is 44.9 Å². The van der Waals surface area contributed by atoms with Crippen LogP contribution in [0.15, 0.2) is 24.3 Å². The van der Waals surface area contributed by atoms with E-state index in [2.05, 4.69) is 31.3 Å². The molecule has 0 saturated heterocycles. The molecule has 0 aliphatic carbocycles. The minimum absolute atomic E-state index is 0.000382. The molecule has 0 aliphatic heterocycles. The van der Waals surface area contributed by atoms with Gasteiger partial charge in [0.25, 0.3) is 7.82 Å². The van der Waals surface area contributed by atoms with Crippen molar-refractivity contribution in [2.45, 2.75) is 212 Å². The Morgan fingerprint density at radius 3 is 1.47 bits per heavy atom. The van der Waals surface area contributed by atoms with Crippen molar-refractivity contribution in [2.24, 2.45) is 0 Å². The summed E-state index contributed by atoms with van der Waals surface area (Å²) in [5, 5.41) is 13.7. The maximum atomic E-state index is 12.8. The van der Waals surface area contributed by atoms with Crippen LogP contribution in [0, 0.1) is 0 Å². The summed E-state index contributed by atoms with van der Waals surface area (Å²) in [7, 11) is 1.26. The van der Waals surface area contributed by atoms with Crippen LogP contribution in [0.1, 0.15) is 200 Å². The number of nitrogens with zero attached hydrogens (tertiary/aromatic N) is 1. The normalized spacial score (nSPS) is 14.6. The van der Waals surface area contributed by atoms with Gasteiger partial charge in [0.15, 0.2) is 0 Å². The molecule has 0 aromatic carbocycles. The lowest BCUT2D eigenvalue weighted by atomic mass is 10.0. The first-order valence-electron chi connectivity index (χ1n) is 22.2. The van der Waals surface area contributed by atoms with Crippen LogP contribution in [0.25, 0.3) is 0 Å². The van der Waals surface area contributed by atoms with Gasteiger partial charge in [-0.2, -0.15) is 0 Å². The van der Waals surface area contributed by atoms with Crippen molar-refractivity contribution in [1.82, 2.24) is 5.32 Å². The lowest BCUT2D eigenvalue weighted by Gasteiger charge is -2.29. The summed E-state index contributed by atoms with van der Waals surface area (Å²) in [5.74, 6) is -0.201. The van der Waals surface area contributed by atoms with Crippen molar-refractivity contribution in [3.05, 3.63) is 24.3 Å². The first-order chi connectivity index (χ1) is 25.5. The van der Waals surface area contributed by atoms with Gasteiger partial charge in [0.1, 0.15) is 13.2 Å². The van der Waals surface area contributed by atoms with Crippen molar-refractivity contribution in [3.63, 3.8) is 0 Å². The number of nitrogens with one attached hydrogen (secondary N) is 1. The average molecular weight is 771 g/mol. The number of hydrogen-bond donors (Lipinski definition) is 2. The number of rotatable bonds is 40. The van der Waals surface area contributed by atoms with E-state index in [1.54, 1.807) is 6.08 Å². The Bertz CT molecular complexity index is 922. The number of hydrogen-bond acceptors (Lipinski definition) is 6. The van der Waals surface area contributed by atoms with E-state index in [1.807, 2.05) is 27.2 Å². The largest absolute Gasteiger partial charge is 0.756 e. The van der Waals surface area contributed by atoms with E-state index in [9.17, 15) is 19.4 Å². The van der Waals surface area contributed by atoms with Crippen LogP contribution in [0.3, 0.4) is 0 Å². The Hall–Kier alpha value is -1.02. The number of likely N-dealkylation sites (N-methyl/N-ethyl adjacent to an activating group) is 1. The van der Waals surface area contributed by atoms with Gasteiger partial charge in [0, 0.05) is 6.42 Å². The minimum Gasteiger partial charge on any atom is -0.756 e. The van der Waals surface area contributed by atoms with Gasteiger partial charge in [-0.3, -0.25) is 9.36 Å².